The number of thioether (sulfide) groups is 1. The standard InChI is InChI=1S/C26H26BrN5OS/c1-17-11-13-23(14-12-17)32-24(19(3)28-25(33)29-22-10-6-9-21(27)15-22)30-31-26(32)34-16-20-8-5-4-7-18(20)2/h4-15,19H,16H2,1-3H3,(H2,28,29,33)/t19-/m0/s1. The maximum Gasteiger partial charge on any atom is 0.319 e. The zero-order chi connectivity index (χ0) is 24.1. The minimum Gasteiger partial charge on any atom is -0.328 e. The van der Waals surface area contributed by atoms with Gasteiger partial charge in [0.25, 0.3) is 0 Å². The zero-order valence-electron chi connectivity index (χ0n) is 19.2. The first kappa shape index (κ1) is 24.0. The van der Waals surface area contributed by atoms with Crippen LogP contribution >= 0.6 is 27.7 Å². The summed E-state index contributed by atoms with van der Waals surface area (Å²) in [7, 11) is 0. The molecular weight excluding hydrogens is 510 g/mol. The number of urea groups is 1. The molecule has 174 valence electrons. The zero-order valence-corrected chi connectivity index (χ0v) is 21.7. The van der Waals surface area contributed by atoms with E-state index in [2.05, 4.69) is 80.9 Å². The summed E-state index contributed by atoms with van der Waals surface area (Å²) in [4.78, 5) is 12.7. The van der Waals surface area contributed by atoms with Crippen LogP contribution in [0.2, 0.25) is 0 Å². The van der Waals surface area contributed by atoms with Crippen molar-refractivity contribution >= 4 is 39.4 Å². The highest BCUT2D eigenvalue weighted by Crippen LogP contribution is 2.28. The van der Waals surface area contributed by atoms with Gasteiger partial charge in [0, 0.05) is 21.6 Å². The van der Waals surface area contributed by atoms with Gasteiger partial charge in [-0.1, -0.05) is 75.7 Å². The molecule has 6 nitrogen and oxygen atoms in total. The van der Waals surface area contributed by atoms with Gasteiger partial charge in [-0.2, -0.15) is 0 Å². The number of rotatable bonds is 7. The number of amides is 2. The molecule has 3 aromatic carbocycles. The Labute approximate surface area is 212 Å². The molecule has 0 radical (unpaired) electrons. The Kier molecular flexibility index (Phi) is 7.70. The van der Waals surface area contributed by atoms with Gasteiger partial charge in [0.1, 0.15) is 0 Å². The summed E-state index contributed by atoms with van der Waals surface area (Å²) in [6.45, 7) is 6.08. The van der Waals surface area contributed by atoms with Crippen LogP contribution in [0.5, 0.6) is 0 Å². The first-order valence-corrected chi connectivity index (χ1v) is 12.7. The summed E-state index contributed by atoms with van der Waals surface area (Å²) in [5.41, 5.74) is 5.34. The van der Waals surface area contributed by atoms with E-state index in [9.17, 15) is 4.79 Å². The van der Waals surface area contributed by atoms with E-state index in [1.54, 1.807) is 11.8 Å². The van der Waals surface area contributed by atoms with Gasteiger partial charge in [-0.05, 0) is 62.2 Å². The second kappa shape index (κ2) is 10.9. The van der Waals surface area contributed by atoms with Gasteiger partial charge in [-0.3, -0.25) is 4.57 Å². The molecule has 0 saturated carbocycles. The van der Waals surface area contributed by atoms with Crippen LogP contribution in [-0.2, 0) is 5.75 Å². The highest BCUT2D eigenvalue weighted by Gasteiger charge is 2.21. The maximum absolute atomic E-state index is 12.7. The fourth-order valence-corrected chi connectivity index (χ4v) is 4.93. The second-order valence-electron chi connectivity index (χ2n) is 8.06. The van der Waals surface area contributed by atoms with Crippen molar-refractivity contribution in [2.45, 2.75) is 37.7 Å². The predicted octanol–water partition coefficient (Wildman–Crippen LogP) is 6.82. The van der Waals surface area contributed by atoms with Gasteiger partial charge in [-0.25, -0.2) is 4.79 Å². The number of halogens is 1. The summed E-state index contributed by atoms with van der Waals surface area (Å²) >= 11 is 5.05. The quantitative estimate of drug-likeness (QED) is 0.254. The fourth-order valence-electron chi connectivity index (χ4n) is 3.50. The van der Waals surface area contributed by atoms with E-state index < -0.39 is 0 Å². The minimum atomic E-state index is -0.367. The lowest BCUT2D eigenvalue weighted by Gasteiger charge is -2.17. The molecule has 34 heavy (non-hydrogen) atoms. The fraction of sp³-hybridized carbons (Fsp3) is 0.192. The Morgan fingerprint density at radius 3 is 2.53 bits per heavy atom. The molecule has 2 amide bonds. The lowest BCUT2D eigenvalue weighted by Crippen LogP contribution is -2.32. The topological polar surface area (TPSA) is 71.8 Å². The van der Waals surface area contributed by atoms with Crippen molar-refractivity contribution in [3.63, 3.8) is 0 Å². The van der Waals surface area contributed by atoms with E-state index >= 15 is 0 Å². The Bertz CT molecular complexity index is 1290. The molecule has 1 heterocycles. The number of benzene rings is 3. The monoisotopic (exact) mass is 535 g/mol. The molecule has 2 N–H and O–H groups in total. The van der Waals surface area contributed by atoms with E-state index in [0.717, 1.165) is 21.1 Å². The highest BCUT2D eigenvalue weighted by molar-refractivity contribution is 9.10. The van der Waals surface area contributed by atoms with Gasteiger partial charge in [-0.15, -0.1) is 10.2 Å². The predicted molar refractivity (Wildman–Crippen MR) is 142 cm³/mol. The minimum absolute atomic E-state index is 0.307. The second-order valence-corrected chi connectivity index (χ2v) is 9.92. The summed E-state index contributed by atoms with van der Waals surface area (Å²) in [5.74, 6) is 1.45. The molecule has 0 spiro atoms. The molecule has 1 atom stereocenters. The molecule has 0 bridgehead atoms. The maximum atomic E-state index is 12.7. The molecule has 4 rings (SSSR count). The normalized spacial score (nSPS) is 11.8. The van der Waals surface area contributed by atoms with Crippen molar-refractivity contribution in [2.75, 3.05) is 5.32 Å². The Morgan fingerprint density at radius 2 is 1.79 bits per heavy atom. The summed E-state index contributed by atoms with van der Waals surface area (Å²) in [5, 5.41) is 15.6. The molecule has 0 unspecified atom stereocenters. The number of aromatic nitrogens is 3. The van der Waals surface area contributed by atoms with Crippen molar-refractivity contribution in [3.8, 4) is 5.69 Å². The molecular formula is C26H26BrN5OS. The van der Waals surface area contributed by atoms with Crippen LogP contribution in [0, 0.1) is 13.8 Å². The van der Waals surface area contributed by atoms with Crippen LogP contribution in [0.4, 0.5) is 10.5 Å². The number of hydrogen-bond acceptors (Lipinski definition) is 4. The molecule has 0 aliphatic rings. The van der Waals surface area contributed by atoms with E-state index in [4.69, 9.17) is 0 Å². The molecule has 0 aliphatic heterocycles. The van der Waals surface area contributed by atoms with E-state index in [1.165, 1.54) is 16.7 Å². The van der Waals surface area contributed by atoms with Gasteiger partial charge >= 0.3 is 6.03 Å². The summed E-state index contributed by atoms with van der Waals surface area (Å²) in [6, 6.07) is 23.4. The summed E-state index contributed by atoms with van der Waals surface area (Å²) in [6.07, 6.45) is 0. The SMILES string of the molecule is Cc1ccc(-n2c(SCc3ccccc3C)nnc2[C@H](C)NC(=O)Nc2cccc(Br)c2)cc1. The average molecular weight is 536 g/mol. The molecule has 0 saturated heterocycles. The van der Waals surface area contributed by atoms with Crippen LogP contribution in [0.15, 0.2) is 82.4 Å². The van der Waals surface area contributed by atoms with Crippen molar-refractivity contribution in [1.82, 2.24) is 20.1 Å². The van der Waals surface area contributed by atoms with E-state index in [0.29, 0.717) is 11.5 Å². The highest BCUT2D eigenvalue weighted by atomic mass is 79.9. The van der Waals surface area contributed by atoms with Crippen molar-refractivity contribution < 1.29 is 4.79 Å². The van der Waals surface area contributed by atoms with Crippen LogP contribution < -0.4 is 10.6 Å². The largest absolute Gasteiger partial charge is 0.328 e. The molecule has 4 aromatic rings. The smallest absolute Gasteiger partial charge is 0.319 e. The van der Waals surface area contributed by atoms with Crippen molar-refractivity contribution in [1.29, 1.82) is 0 Å². The lowest BCUT2D eigenvalue weighted by molar-refractivity contribution is 0.249. The third kappa shape index (κ3) is 5.87. The Hall–Kier alpha value is -3.10. The van der Waals surface area contributed by atoms with Crippen LogP contribution in [0.25, 0.3) is 5.69 Å². The third-order valence-corrected chi connectivity index (χ3v) is 6.86. The van der Waals surface area contributed by atoms with Crippen LogP contribution in [-0.4, -0.2) is 20.8 Å². The molecule has 0 aliphatic carbocycles. The third-order valence-electron chi connectivity index (χ3n) is 5.39. The summed E-state index contributed by atoms with van der Waals surface area (Å²) < 4.78 is 2.92. The Balaban J connectivity index is 1.57. The van der Waals surface area contributed by atoms with Gasteiger partial charge in [0.05, 0.1) is 6.04 Å². The van der Waals surface area contributed by atoms with E-state index in [1.807, 2.05) is 54.0 Å². The average Bonchev–Trinajstić information content (AvgIpc) is 3.23. The molecule has 8 heteroatoms. The van der Waals surface area contributed by atoms with Crippen LogP contribution in [0.1, 0.15) is 35.5 Å². The first-order valence-electron chi connectivity index (χ1n) is 10.9. The molecule has 0 fully saturated rings. The van der Waals surface area contributed by atoms with E-state index in [-0.39, 0.29) is 12.1 Å². The number of hydrogen-bond donors (Lipinski definition) is 2. The number of anilines is 1. The Morgan fingerprint density at radius 1 is 1.03 bits per heavy atom. The molecule has 1 aromatic heterocycles. The first-order chi connectivity index (χ1) is 16.4. The van der Waals surface area contributed by atoms with Crippen molar-refractivity contribution in [3.05, 3.63) is 99.8 Å². The lowest BCUT2D eigenvalue weighted by atomic mass is 10.1. The van der Waals surface area contributed by atoms with Gasteiger partial charge in [0.2, 0.25) is 0 Å². The van der Waals surface area contributed by atoms with Crippen molar-refractivity contribution in [2.24, 2.45) is 0 Å². The number of carbonyl (C=O) groups is 1. The number of carbonyl (C=O) groups excluding carboxylic acids is 1. The van der Waals surface area contributed by atoms with Crippen LogP contribution in [0.3, 0.4) is 0 Å². The number of nitrogens with one attached hydrogen (secondary N) is 2. The van der Waals surface area contributed by atoms with Gasteiger partial charge in [0.15, 0.2) is 11.0 Å². The van der Waals surface area contributed by atoms with Gasteiger partial charge < -0.3 is 10.6 Å². The number of aryl methyl sites for hydroxylation is 2. The number of nitrogens with zero attached hydrogens (tertiary/aromatic N) is 3.